The number of benzene rings is 1. The minimum Gasteiger partial charge on any atom is -0.375 e. The third kappa shape index (κ3) is 2.91. The molecule has 0 aliphatic carbocycles. The van der Waals surface area contributed by atoms with Gasteiger partial charge in [-0.05, 0) is 25.1 Å². The Morgan fingerprint density at radius 2 is 2.18 bits per heavy atom. The number of aromatic nitrogens is 2. The van der Waals surface area contributed by atoms with E-state index >= 15 is 0 Å². The van der Waals surface area contributed by atoms with Gasteiger partial charge in [0, 0.05) is 17.4 Å². The lowest BCUT2D eigenvalue weighted by Crippen LogP contribution is -2.09. The Labute approximate surface area is 104 Å². The molecule has 0 saturated heterocycles. The minimum atomic E-state index is -0.381. The molecule has 0 aliphatic heterocycles. The summed E-state index contributed by atoms with van der Waals surface area (Å²) in [7, 11) is 0. The summed E-state index contributed by atoms with van der Waals surface area (Å²) < 4.78 is 13.5. The van der Waals surface area contributed by atoms with Crippen molar-refractivity contribution in [1.82, 2.24) is 9.97 Å². The van der Waals surface area contributed by atoms with Gasteiger partial charge in [0.25, 0.3) is 0 Å². The Morgan fingerprint density at radius 3 is 2.82 bits per heavy atom. The summed E-state index contributed by atoms with van der Waals surface area (Å²) in [6, 6.07) is 4.38. The highest BCUT2D eigenvalue weighted by molar-refractivity contribution is 6.30. The average Bonchev–Trinajstić information content (AvgIpc) is 2.34. The summed E-state index contributed by atoms with van der Waals surface area (Å²) in [6.07, 6.45) is 4.84. The van der Waals surface area contributed by atoms with Crippen molar-refractivity contribution in [2.24, 2.45) is 0 Å². The van der Waals surface area contributed by atoms with E-state index in [2.05, 4.69) is 15.3 Å². The van der Waals surface area contributed by atoms with E-state index in [0.717, 1.165) is 5.69 Å². The fraction of sp³-hybridized carbons (Fsp3) is 0.167. The lowest BCUT2D eigenvalue weighted by Gasteiger charge is -2.14. The van der Waals surface area contributed by atoms with Crippen LogP contribution < -0.4 is 5.32 Å². The lowest BCUT2D eigenvalue weighted by atomic mass is 10.2. The van der Waals surface area contributed by atoms with Crippen molar-refractivity contribution in [2.75, 3.05) is 5.32 Å². The number of halogens is 2. The fourth-order valence-electron chi connectivity index (χ4n) is 1.45. The van der Waals surface area contributed by atoms with E-state index in [9.17, 15) is 4.39 Å². The van der Waals surface area contributed by atoms with Crippen LogP contribution >= 0.6 is 11.6 Å². The smallest absolute Gasteiger partial charge is 0.147 e. The summed E-state index contributed by atoms with van der Waals surface area (Å²) in [5.74, 6) is -0.381. The second-order valence-corrected chi connectivity index (χ2v) is 4.06. The molecule has 2 rings (SSSR count). The number of nitrogens with zero attached hydrogens (tertiary/aromatic N) is 2. The Hall–Kier alpha value is -1.68. The van der Waals surface area contributed by atoms with Crippen molar-refractivity contribution >= 4 is 17.3 Å². The van der Waals surface area contributed by atoms with Gasteiger partial charge in [0.1, 0.15) is 5.82 Å². The molecule has 0 saturated carbocycles. The topological polar surface area (TPSA) is 37.8 Å². The van der Waals surface area contributed by atoms with Gasteiger partial charge in [-0.15, -0.1) is 0 Å². The first-order valence-corrected chi connectivity index (χ1v) is 5.52. The van der Waals surface area contributed by atoms with Gasteiger partial charge in [-0.2, -0.15) is 0 Å². The Kier molecular flexibility index (Phi) is 3.54. The molecule has 1 heterocycles. The standard InChI is InChI=1S/C12H11ClFN3/c1-8(12-7-15-4-5-16-12)17-11-3-2-9(13)6-10(11)14/h2-8,17H,1H3. The predicted octanol–water partition coefficient (Wildman–Crippen LogP) is 3.44. The van der Waals surface area contributed by atoms with Crippen LogP contribution in [0.3, 0.4) is 0 Å². The maximum atomic E-state index is 13.5. The van der Waals surface area contributed by atoms with Crippen molar-refractivity contribution in [3.05, 3.63) is 53.3 Å². The molecule has 1 aromatic heterocycles. The zero-order valence-corrected chi connectivity index (χ0v) is 9.95. The molecule has 0 fully saturated rings. The Bertz CT molecular complexity index is 504. The highest BCUT2D eigenvalue weighted by Gasteiger charge is 2.09. The first-order valence-electron chi connectivity index (χ1n) is 5.14. The van der Waals surface area contributed by atoms with Gasteiger partial charge >= 0.3 is 0 Å². The fourth-order valence-corrected chi connectivity index (χ4v) is 1.61. The summed E-state index contributed by atoms with van der Waals surface area (Å²) in [4.78, 5) is 8.12. The van der Waals surface area contributed by atoms with E-state index < -0.39 is 0 Å². The van der Waals surface area contributed by atoms with Crippen LogP contribution in [-0.4, -0.2) is 9.97 Å². The molecule has 5 heteroatoms. The molecule has 0 amide bonds. The van der Waals surface area contributed by atoms with E-state index in [-0.39, 0.29) is 11.9 Å². The molecule has 0 bridgehead atoms. The molecule has 1 aromatic carbocycles. The largest absolute Gasteiger partial charge is 0.375 e. The molecule has 0 spiro atoms. The van der Waals surface area contributed by atoms with Crippen molar-refractivity contribution in [1.29, 1.82) is 0 Å². The summed E-state index contributed by atoms with van der Waals surface area (Å²) >= 11 is 5.68. The van der Waals surface area contributed by atoms with Crippen LogP contribution in [0.25, 0.3) is 0 Å². The monoisotopic (exact) mass is 251 g/mol. The number of hydrogen-bond acceptors (Lipinski definition) is 3. The molecule has 2 aromatic rings. The van der Waals surface area contributed by atoms with E-state index in [1.807, 2.05) is 6.92 Å². The maximum absolute atomic E-state index is 13.5. The minimum absolute atomic E-state index is 0.126. The van der Waals surface area contributed by atoms with Gasteiger partial charge in [0.15, 0.2) is 0 Å². The Balaban J connectivity index is 2.16. The highest BCUT2D eigenvalue weighted by atomic mass is 35.5. The zero-order valence-electron chi connectivity index (χ0n) is 9.19. The average molecular weight is 252 g/mol. The SMILES string of the molecule is CC(Nc1ccc(Cl)cc1F)c1cnccn1. The van der Waals surface area contributed by atoms with Crippen molar-refractivity contribution in [2.45, 2.75) is 13.0 Å². The molecule has 17 heavy (non-hydrogen) atoms. The van der Waals surface area contributed by atoms with Gasteiger partial charge in [-0.25, -0.2) is 4.39 Å². The molecular formula is C12H11ClFN3. The van der Waals surface area contributed by atoms with Crippen LogP contribution in [0.2, 0.25) is 5.02 Å². The molecule has 0 aliphatic rings. The second-order valence-electron chi connectivity index (χ2n) is 3.62. The molecule has 3 nitrogen and oxygen atoms in total. The third-order valence-electron chi connectivity index (χ3n) is 2.33. The van der Waals surface area contributed by atoms with Crippen LogP contribution in [0.5, 0.6) is 0 Å². The van der Waals surface area contributed by atoms with Crippen LogP contribution in [0, 0.1) is 5.82 Å². The van der Waals surface area contributed by atoms with Gasteiger partial charge < -0.3 is 5.32 Å². The van der Waals surface area contributed by atoms with Gasteiger partial charge in [0.05, 0.1) is 23.6 Å². The normalized spacial score (nSPS) is 12.2. The Morgan fingerprint density at radius 1 is 1.35 bits per heavy atom. The van der Waals surface area contributed by atoms with E-state index in [0.29, 0.717) is 10.7 Å². The number of hydrogen-bond donors (Lipinski definition) is 1. The van der Waals surface area contributed by atoms with Crippen molar-refractivity contribution in [3.63, 3.8) is 0 Å². The summed E-state index contributed by atoms with van der Waals surface area (Å²) in [5, 5.41) is 3.39. The summed E-state index contributed by atoms with van der Waals surface area (Å²) in [5.41, 5.74) is 1.15. The number of nitrogens with one attached hydrogen (secondary N) is 1. The molecular weight excluding hydrogens is 241 g/mol. The van der Waals surface area contributed by atoms with Crippen molar-refractivity contribution in [3.8, 4) is 0 Å². The van der Waals surface area contributed by atoms with Gasteiger partial charge in [-0.3, -0.25) is 9.97 Å². The molecule has 1 N–H and O–H groups in total. The summed E-state index contributed by atoms with van der Waals surface area (Å²) in [6.45, 7) is 1.89. The van der Waals surface area contributed by atoms with Crippen LogP contribution in [0.1, 0.15) is 18.7 Å². The predicted molar refractivity (Wildman–Crippen MR) is 65.5 cm³/mol. The lowest BCUT2D eigenvalue weighted by molar-refractivity contribution is 0.627. The van der Waals surface area contributed by atoms with E-state index in [4.69, 9.17) is 11.6 Å². The quantitative estimate of drug-likeness (QED) is 0.908. The zero-order chi connectivity index (χ0) is 12.3. The molecule has 1 atom stereocenters. The third-order valence-corrected chi connectivity index (χ3v) is 2.57. The second kappa shape index (κ2) is 5.10. The molecule has 0 radical (unpaired) electrons. The molecule has 1 unspecified atom stereocenters. The highest BCUT2D eigenvalue weighted by Crippen LogP contribution is 2.22. The van der Waals surface area contributed by atoms with Crippen LogP contribution in [0.4, 0.5) is 10.1 Å². The number of anilines is 1. The number of rotatable bonds is 3. The maximum Gasteiger partial charge on any atom is 0.147 e. The van der Waals surface area contributed by atoms with E-state index in [1.165, 1.54) is 6.07 Å². The van der Waals surface area contributed by atoms with Crippen LogP contribution in [-0.2, 0) is 0 Å². The van der Waals surface area contributed by atoms with Crippen molar-refractivity contribution < 1.29 is 4.39 Å². The first-order chi connectivity index (χ1) is 8.16. The first kappa shape index (κ1) is 11.8. The van der Waals surface area contributed by atoms with Gasteiger partial charge in [0.2, 0.25) is 0 Å². The van der Waals surface area contributed by atoms with Gasteiger partial charge in [-0.1, -0.05) is 11.6 Å². The molecule has 88 valence electrons. The van der Waals surface area contributed by atoms with Crippen LogP contribution in [0.15, 0.2) is 36.8 Å². The van der Waals surface area contributed by atoms with E-state index in [1.54, 1.807) is 30.7 Å².